The molecule has 2 aromatic carbocycles. The molecule has 10 heteroatoms. The normalized spacial score (nSPS) is 17.6. The van der Waals surface area contributed by atoms with Crippen LogP contribution in [0.4, 0.5) is 20.2 Å². The molecule has 0 bridgehead atoms. The Morgan fingerprint density at radius 1 is 0.976 bits per heavy atom. The Kier molecular flexibility index (Phi) is 9.99. The van der Waals surface area contributed by atoms with E-state index in [4.69, 9.17) is 11.6 Å². The van der Waals surface area contributed by atoms with Gasteiger partial charge in [-0.05, 0) is 49.2 Å². The summed E-state index contributed by atoms with van der Waals surface area (Å²) < 4.78 is 31.0. The lowest BCUT2D eigenvalue weighted by molar-refractivity contribution is -0.116. The van der Waals surface area contributed by atoms with Crippen molar-refractivity contribution < 1.29 is 18.4 Å². The van der Waals surface area contributed by atoms with Crippen LogP contribution in [-0.4, -0.2) is 42.4 Å². The van der Waals surface area contributed by atoms with Crippen molar-refractivity contribution in [3.63, 3.8) is 0 Å². The van der Waals surface area contributed by atoms with Gasteiger partial charge in [0.1, 0.15) is 0 Å². The van der Waals surface area contributed by atoms with Gasteiger partial charge in [0.25, 0.3) is 11.8 Å². The van der Waals surface area contributed by atoms with Crippen LogP contribution in [0.25, 0.3) is 5.57 Å². The highest BCUT2D eigenvalue weighted by Gasteiger charge is 2.41. The highest BCUT2D eigenvalue weighted by molar-refractivity contribution is 6.35. The van der Waals surface area contributed by atoms with Gasteiger partial charge >= 0.3 is 0 Å². The molecule has 0 unspecified atom stereocenters. The maximum atomic E-state index is 15.5. The second-order valence-corrected chi connectivity index (χ2v) is 10.5. The Balaban J connectivity index is 0.00000387. The number of aromatic nitrogens is 1. The van der Waals surface area contributed by atoms with Crippen LogP contribution in [0.15, 0.2) is 72.9 Å². The van der Waals surface area contributed by atoms with Crippen molar-refractivity contribution >= 4 is 52.8 Å². The first-order chi connectivity index (χ1) is 19.3. The maximum Gasteiger partial charge on any atom is 0.275 e. The second-order valence-electron chi connectivity index (χ2n) is 10.1. The Hall–Kier alpha value is -3.49. The minimum absolute atomic E-state index is 0. The lowest BCUT2D eigenvalue weighted by atomic mass is 9.97. The zero-order valence-corrected chi connectivity index (χ0v) is 24.1. The molecule has 5 rings (SSSR count). The number of hydrogen-bond donors (Lipinski definition) is 1. The van der Waals surface area contributed by atoms with Crippen LogP contribution >= 0.6 is 24.0 Å². The molecule has 0 radical (unpaired) electrons. The zero-order valence-electron chi connectivity index (χ0n) is 22.5. The summed E-state index contributed by atoms with van der Waals surface area (Å²) in [5.41, 5.74) is 1.81. The predicted octanol–water partition coefficient (Wildman–Crippen LogP) is 6.92. The zero-order chi connectivity index (χ0) is 28.1. The van der Waals surface area contributed by atoms with E-state index in [2.05, 4.69) is 15.2 Å². The molecule has 3 heterocycles. The highest BCUT2D eigenvalue weighted by atomic mass is 35.5. The first kappa shape index (κ1) is 30.5. The van der Waals surface area contributed by atoms with Crippen LogP contribution in [0.1, 0.15) is 53.7 Å². The number of anilines is 2. The Labute approximate surface area is 249 Å². The van der Waals surface area contributed by atoms with E-state index in [-0.39, 0.29) is 41.6 Å². The Morgan fingerprint density at radius 2 is 1.71 bits per heavy atom. The summed E-state index contributed by atoms with van der Waals surface area (Å²) in [6, 6.07) is 17.0. The van der Waals surface area contributed by atoms with Crippen molar-refractivity contribution in [3.8, 4) is 0 Å². The van der Waals surface area contributed by atoms with Crippen LogP contribution in [0, 0.1) is 0 Å². The Morgan fingerprint density at radius 3 is 2.41 bits per heavy atom. The maximum absolute atomic E-state index is 15.5. The van der Waals surface area contributed by atoms with Crippen molar-refractivity contribution in [3.05, 3.63) is 94.8 Å². The molecule has 2 aliphatic heterocycles. The standard InChI is InChI=1S/C31H31ClF2N4O2.ClH/c32-27-19-23(37-16-7-1-2-8-17-37)12-13-25(27)30(40)38-18-14-31(33,34)26(24-10-3-4-11-28(24)38)20-29(39)36-21-22-9-5-6-15-35-22;/h3-6,9-13,15,19-20H,1-2,7-8,14,16-18,21H2,(H,36,39);1H/b26-20-;. The predicted molar refractivity (Wildman–Crippen MR) is 161 cm³/mol. The molecule has 1 aromatic heterocycles. The summed E-state index contributed by atoms with van der Waals surface area (Å²) in [5, 5.41) is 2.91. The van der Waals surface area contributed by atoms with E-state index in [0.717, 1.165) is 37.7 Å². The number of alkyl halides is 2. The second kappa shape index (κ2) is 13.4. The average Bonchev–Trinajstić information content (AvgIpc) is 3.30. The minimum Gasteiger partial charge on any atom is -0.371 e. The van der Waals surface area contributed by atoms with E-state index in [1.54, 1.807) is 54.7 Å². The van der Waals surface area contributed by atoms with Crippen molar-refractivity contribution in [1.82, 2.24) is 10.3 Å². The number of benzene rings is 2. The molecule has 0 aliphatic carbocycles. The summed E-state index contributed by atoms with van der Waals surface area (Å²) >= 11 is 6.62. The number of nitrogens with one attached hydrogen (secondary N) is 1. The van der Waals surface area contributed by atoms with Gasteiger partial charge in [0.05, 0.1) is 28.5 Å². The van der Waals surface area contributed by atoms with E-state index in [9.17, 15) is 9.59 Å². The number of allylic oxidation sites excluding steroid dienone is 1. The van der Waals surface area contributed by atoms with E-state index < -0.39 is 29.7 Å². The lowest BCUT2D eigenvalue weighted by Gasteiger charge is -2.25. The van der Waals surface area contributed by atoms with Crippen molar-refractivity contribution in [1.29, 1.82) is 0 Å². The van der Waals surface area contributed by atoms with Crippen LogP contribution in [0.5, 0.6) is 0 Å². The summed E-state index contributed by atoms with van der Waals surface area (Å²) in [7, 11) is 0. The molecule has 2 amide bonds. The lowest BCUT2D eigenvalue weighted by Crippen LogP contribution is -2.33. The number of halogens is 4. The van der Waals surface area contributed by atoms with Crippen LogP contribution in [-0.2, 0) is 11.3 Å². The molecule has 0 saturated carbocycles. The minimum atomic E-state index is -3.34. The van der Waals surface area contributed by atoms with Crippen LogP contribution in [0.2, 0.25) is 5.02 Å². The van der Waals surface area contributed by atoms with Crippen molar-refractivity contribution in [2.24, 2.45) is 0 Å². The van der Waals surface area contributed by atoms with Gasteiger partial charge in [-0.15, -0.1) is 12.4 Å². The number of amides is 2. The quantitative estimate of drug-likeness (QED) is 0.323. The van der Waals surface area contributed by atoms with Gasteiger partial charge in [0.15, 0.2) is 0 Å². The van der Waals surface area contributed by atoms with E-state index in [1.165, 1.54) is 23.8 Å². The molecule has 1 fully saturated rings. The fourth-order valence-electron chi connectivity index (χ4n) is 5.25. The van der Waals surface area contributed by atoms with Crippen LogP contribution in [0.3, 0.4) is 0 Å². The van der Waals surface area contributed by atoms with Gasteiger partial charge in [-0.3, -0.25) is 14.6 Å². The summed E-state index contributed by atoms with van der Waals surface area (Å²) in [6.07, 6.45) is 6.48. The van der Waals surface area contributed by atoms with Gasteiger partial charge in [0.2, 0.25) is 5.91 Å². The SMILES string of the molecule is Cl.O=C(/C=C1/c2ccccc2N(C(=O)c2ccc(N3CCCCCC3)cc2Cl)CCC1(F)F)NCc1ccccn1. The van der Waals surface area contributed by atoms with Gasteiger partial charge in [0, 0.05) is 55.2 Å². The number of para-hydroxylation sites is 1. The fraction of sp³-hybridized carbons (Fsp3) is 0.323. The molecular formula is C31H32Cl2F2N4O2. The van der Waals surface area contributed by atoms with E-state index >= 15 is 8.78 Å². The van der Waals surface area contributed by atoms with Gasteiger partial charge in [-0.1, -0.05) is 48.7 Å². The average molecular weight is 602 g/mol. The van der Waals surface area contributed by atoms with E-state index in [0.29, 0.717) is 11.4 Å². The number of carbonyl (C=O) groups is 2. The number of carbonyl (C=O) groups excluding carboxylic acids is 2. The molecule has 41 heavy (non-hydrogen) atoms. The Bertz CT molecular complexity index is 1410. The number of hydrogen-bond acceptors (Lipinski definition) is 4. The van der Waals surface area contributed by atoms with Crippen LogP contribution < -0.4 is 15.1 Å². The monoisotopic (exact) mass is 600 g/mol. The molecule has 3 aromatic rings. The number of rotatable bonds is 5. The van der Waals surface area contributed by atoms with Gasteiger partial charge in [-0.2, -0.15) is 0 Å². The summed E-state index contributed by atoms with van der Waals surface area (Å²) in [4.78, 5) is 34.2. The third-order valence-electron chi connectivity index (χ3n) is 7.37. The van der Waals surface area contributed by atoms with Gasteiger partial charge in [-0.25, -0.2) is 8.78 Å². The van der Waals surface area contributed by atoms with Crippen molar-refractivity contribution in [2.75, 3.05) is 29.4 Å². The van der Waals surface area contributed by atoms with Gasteiger partial charge < -0.3 is 15.1 Å². The summed E-state index contributed by atoms with van der Waals surface area (Å²) in [6.45, 7) is 1.73. The highest BCUT2D eigenvalue weighted by Crippen LogP contribution is 2.43. The first-order valence-electron chi connectivity index (χ1n) is 13.6. The number of pyridine rings is 1. The topological polar surface area (TPSA) is 65.5 Å². The smallest absolute Gasteiger partial charge is 0.275 e. The summed E-state index contributed by atoms with van der Waals surface area (Å²) in [5.74, 6) is -4.47. The number of nitrogens with zero attached hydrogens (tertiary/aromatic N) is 3. The first-order valence-corrected chi connectivity index (χ1v) is 13.9. The molecule has 1 saturated heterocycles. The van der Waals surface area contributed by atoms with E-state index in [1.807, 2.05) is 6.07 Å². The molecule has 0 atom stereocenters. The van der Waals surface area contributed by atoms with Crippen molar-refractivity contribution in [2.45, 2.75) is 44.6 Å². The molecule has 6 nitrogen and oxygen atoms in total. The fourth-order valence-corrected chi connectivity index (χ4v) is 5.50. The molecule has 216 valence electrons. The molecule has 0 spiro atoms. The largest absolute Gasteiger partial charge is 0.371 e. The number of fused-ring (bicyclic) bond motifs is 1. The third kappa shape index (κ3) is 7.05. The third-order valence-corrected chi connectivity index (χ3v) is 7.69. The molecule has 2 aliphatic rings. The molecular weight excluding hydrogens is 569 g/mol. The molecule has 1 N–H and O–H groups in total.